The zero-order valence-corrected chi connectivity index (χ0v) is 8.33. The van der Waals surface area contributed by atoms with Crippen molar-refractivity contribution in [2.75, 3.05) is 23.7 Å². The predicted molar refractivity (Wildman–Crippen MR) is 59.7 cm³/mol. The van der Waals surface area contributed by atoms with E-state index in [0.29, 0.717) is 23.2 Å². The van der Waals surface area contributed by atoms with E-state index >= 15 is 0 Å². The smallest absolute Gasteiger partial charge is 0.196 e. The van der Waals surface area contributed by atoms with Crippen molar-refractivity contribution in [1.82, 2.24) is 0 Å². The van der Waals surface area contributed by atoms with Crippen LogP contribution in [0.2, 0.25) is 5.02 Å². The van der Waals surface area contributed by atoms with E-state index in [-0.39, 0.29) is 0 Å². The Labute approximate surface area is 87.2 Å². The molecule has 0 bridgehead atoms. The molecule has 2 rings (SSSR count). The summed E-state index contributed by atoms with van der Waals surface area (Å²) >= 11 is 5.80. The molecule has 4 N–H and O–H groups in total. The molecule has 0 radical (unpaired) electrons. The van der Waals surface area contributed by atoms with Gasteiger partial charge in [-0.25, -0.2) is 0 Å². The molecule has 1 aliphatic heterocycles. The third-order valence-electron chi connectivity index (χ3n) is 2.15. The molecule has 0 unspecified atom stereocenters. The Morgan fingerprint density at radius 3 is 2.71 bits per heavy atom. The maximum absolute atomic E-state index is 5.83. The number of hydrogen-bond donors (Lipinski definition) is 2. The zero-order valence-electron chi connectivity index (χ0n) is 7.57. The maximum Gasteiger partial charge on any atom is 0.196 e. The fraction of sp³-hybridized carbons (Fsp3) is 0.222. The number of hydrogen-bond acceptors (Lipinski definition) is 4. The summed E-state index contributed by atoms with van der Waals surface area (Å²) in [5, 5.41) is 0.626. The van der Waals surface area contributed by atoms with Gasteiger partial charge in [0.25, 0.3) is 0 Å². The minimum Gasteiger partial charge on any atom is -0.397 e. The molecule has 1 aromatic rings. The average molecular weight is 211 g/mol. The van der Waals surface area contributed by atoms with Crippen molar-refractivity contribution < 1.29 is 0 Å². The first-order valence-electron chi connectivity index (χ1n) is 4.31. The molecule has 14 heavy (non-hydrogen) atoms. The van der Waals surface area contributed by atoms with Crippen LogP contribution in [0.4, 0.5) is 11.4 Å². The lowest BCUT2D eigenvalue weighted by Crippen LogP contribution is -2.34. The Hall–Kier alpha value is -1.42. The summed E-state index contributed by atoms with van der Waals surface area (Å²) < 4.78 is 0. The Balaban J connectivity index is 2.37. The van der Waals surface area contributed by atoms with E-state index in [0.717, 1.165) is 12.2 Å². The molecule has 1 aliphatic rings. The highest BCUT2D eigenvalue weighted by Crippen LogP contribution is 2.27. The highest BCUT2D eigenvalue weighted by molar-refractivity contribution is 6.31. The third-order valence-corrected chi connectivity index (χ3v) is 2.39. The second kappa shape index (κ2) is 3.38. The van der Waals surface area contributed by atoms with Crippen LogP contribution in [0.15, 0.2) is 23.2 Å². The number of aliphatic imine (C=N–C) groups is 1. The van der Waals surface area contributed by atoms with Gasteiger partial charge in [-0.3, -0.25) is 4.99 Å². The highest BCUT2D eigenvalue weighted by Gasteiger charge is 2.17. The summed E-state index contributed by atoms with van der Waals surface area (Å²) in [5.41, 5.74) is 13.0. The van der Waals surface area contributed by atoms with Crippen LogP contribution in [-0.2, 0) is 0 Å². The first kappa shape index (κ1) is 9.15. The van der Waals surface area contributed by atoms with Gasteiger partial charge in [0.05, 0.1) is 17.9 Å². The molecular weight excluding hydrogens is 200 g/mol. The maximum atomic E-state index is 5.83. The van der Waals surface area contributed by atoms with Gasteiger partial charge in [-0.2, -0.15) is 0 Å². The van der Waals surface area contributed by atoms with Crippen molar-refractivity contribution in [3.8, 4) is 0 Å². The van der Waals surface area contributed by atoms with Crippen LogP contribution < -0.4 is 16.4 Å². The van der Waals surface area contributed by atoms with Crippen molar-refractivity contribution in [2.24, 2.45) is 10.7 Å². The molecule has 0 fully saturated rings. The second-order valence-corrected chi connectivity index (χ2v) is 3.53. The lowest BCUT2D eigenvalue weighted by atomic mass is 10.2. The third kappa shape index (κ3) is 1.48. The molecule has 0 amide bonds. The van der Waals surface area contributed by atoms with E-state index in [1.165, 1.54) is 0 Å². The van der Waals surface area contributed by atoms with Gasteiger partial charge in [0.2, 0.25) is 0 Å². The fourth-order valence-corrected chi connectivity index (χ4v) is 1.66. The quantitative estimate of drug-likeness (QED) is 0.681. The van der Waals surface area contributed by atoms with Crippen LogP contribution in [0.5, 0.6) is 0 Å². The van der Waals surface area contributed by atoms with Crippen LogP contribution in [0.25, 0.3) is 0 Å². The first-order chi connectivity index (χ1) is 6.68. The van der Waals surface area contributed by atoms with E-state index in [1.54, 1.807) is 12.1 Å². The van der Waals surface area contributed by atoms with Crippen molar-refractivity contribution in [3.63, 3.8) is 0 Å². The number of nitrogen functional groups attached to an aromatic ring is 1. The number of guanidine groups is 1. The molecule has 1 heterocycles. The molecule has 74 valence electrons. The minimum atomic E-state index is 0.513. The molecule has 0 atom stereocenters. The number of nitrogens with two attached hydrogens (primary N) is 2. The number of halogens is 1. The topological polar surface area (TPSA) is 67.6 Å². The largest absolute Gasteiger partial charge is 0.397 e. The lowest BCUT2D eigenvalue weighted by Gasteiger charge is -2.19. The lowest BCUT2D eigenvalue weighted by molar-refractivity contribution is 1.02. The normalized spacial score (nSPS) is 15.8. The van der Waals surface area contributed by atoms with E-state index in [9.17, 15) is 0 Å². The first-order valence-corrected chi connectivity index (χ1v) is 4.69. The molecule has 5 heteroatoms. The van der Waals surface area contributed by atoms with Gasteiger partial charge in [0.15, 0.2) is 5.96 Å². The average Bonchev–Trinajstić information content (AvgIpc) is 2.52. The van der Waals surface area contributed by atoms with Crippen molar-refractivity contribution >= 4 is 28.9 Å². The van der Waals surface area contributed by atoms with Gasteiger partial charge in [-0.15, -0.1) is 0 Å². The fourth-order valence-electron chi connectivity index (χ4n) is 1.48. The van der Waals surface area contributed by atoms with Crippen LogP contribution in [0.3, 0.4) is 0 Å². The Morgan fingerprint density at radius 2 is 2.14 bits per heavy atom. The Kier molecular flexibility index (Phi) is 2.21. The van der Waals surface area contributed by atoms with Crippen molar-refractivity contribution in [1.29, 1.82) is 0 Å². The van der Waals surface area contributed by atoms with Crippen LogP contribution in [0.1, 0.15) is 0 Å². The summed E-state index contributed by atoms with van der Waals surface area (Å²) in [5.74, 6) is 0.513. The molecule has 0 aromatic heterocycles. The van der Waals surface area contributed by atoms with Crippen molar-refractivity contribution in [3.05, 3.63) is 23.2 Å². The Bertz CT molecular complexity index is 388. The van der Waals surface area contributed by atoms with Gasteiger partial charge < -0.3 is 16.4 Å². The second-order valence-electron chi connectivity index (χ2n) is 3.09. The Morgan fingerprint density at radius 1 is 1.36 bits per heavy atom. The summed E-state index contributed by atoms with van der Waals surface area (Å²) in [4.78, 5) is 5.97. The van der Waals surface area contributed by atoms with Crippen LogP contribution in [-0.4, -0.2) is 19.0 Å². The molecule has 0 saturated heterocycles. The molecule has 0 aliphatic carbocycles. The number of anilines is 2. The van der Waals surface area contributed by atoms with E-state index < -0.39 is 0 Å². The zero-order chi connectivity index (χ0) is 10.1. The predicted octanol–water partition coefficient (Wildman–Crippen LogP) is 1.06. The highest BCUT2D eigenvalue weighted by atomic mass is 35.5. The minimum absolute atomic E-state index is 0.513. The number of nitrogens with zero attached hydrogens (tertiary/aromatic N) is 2. The van der Waals surface area contributed by atoms with Gasteiger partial charge in [0.1, 0.15) is 0 Å². The standard InChI is InChI=1S/C9H11ClN4/c10-6-1-2-8(7(11)5-6)14-4-3-13-9(14)12/h1-2,5H,3-4,11H2,(H2,12,13). The molecular formula is C9H11ClN4. The monoisotopic (exact) mass is 210 g/mol. The van der Waals surface area contributed by atoms with Crippen LogP contribution in [0, 0.1) is 0 Å². The summed E-state index contributed by atoms with van der Waals surface area (Å²) in [6.07, 6.45) is 0. The van der Waals surface area contributed by atoms with Gasteiger partial charge in [-0.1, -0.05) is 11.6 Å². The van der Waals surface area contributed by atoms with Gasteiger partial charge in [-0.05, 0) is 18.2 Å². The van der Waals surface area contributed by atoms with Crippen molar-refractivity contribution in [2.45, 2.75) is 0 Å². The van der Waals surface area contributed by atoms with Gasteiger partial charge in [0, 0.05) is 11.6 Å². The number of rotatable bonds is 1. The summed E-state index contributed by atoms with van der Waals surface area (Å²) in [6, 6.07) is 5.35. The SMILES string of the molecule is NC1=NCCN1c1ccc(Cl)cc1N. The van der Waals surface area contributed by atoms with Crippen LogP contribution >= 0.6 is 11.6 Å². The molecule has 0 spiro atoms. The summed E-state index contributed by atoms with van der Waals surface area (Å²) in [6.45, 7) is 1.49. The molecule has 1 aromatic carbocycles. The van der Waals surface area contributed by atoms with Gasteiger partial charge >= 0.3 is 0 Å². The number of benzene rings is 1. The van der Waals surface area contributed by atoms with E-state index in [2.05, 4.69) is 4.99 Å². The molecule has 0 saturated carbocycles. The molecule has 4 nitrogen and oxygen atoms in total. The van der Waals surface area contributed by atoms with E-state index in [4.69, 9.17) is 23.1 Å². The van der Waals surface area contributed by atoms with E-state index in [1.807, 2.05) is 11.0 Å². The summed E-state index contributed by atoms with van der Waals surface area (Å²) in [7, 11) is 0.